The monoisotopic (exact) mass is 168 g/mol. The Kier molecular flexibility index (Phi) is 4.00. The van der Waals surface area contributed by atoms with Gasteiger partial charge in [-0.05, 0) is 13.8 Å². The molecule has 0 radical (unpaired) electrons. The SMILES string of the molecule is CC1(C)OC[C@@H](C(=O)[O-])O1.[Na+]. The van der Waals surface area contributed by atoms with Crippen LogP contribution in [-0.2, 0) is 14.3 Å². The maximum Gasteiger partial charge on any atom is 1.00 e. The molecule has 0 bridgehead atoms. The third-order valence-corrected chi connectivity index (χ3v) is 1.27. The zero-order valence-electron chi connectivity index (χ0n) is 6.92. The van der Waals surface area contributed by atoms with Crippen LogP contribution in [0, 0.1) is 0 Å². The molecule has 0 aromatic heterocycles. The maximum atomic E-state index is 10.2. The van der Waals surface area contributed by atoms with Crippen LogP contribution in [0.1, 0.15) is 13.8 Å². The maximum absolute atomic E-state index is 10.2. The van der Waals surface area contributed by atoms with Crippen molar-refractivity contribution in [3.05, 3.63) is 0 Å². The topological polar surface area (TPSA) is 58.6 Å². The first-order chi connectivity index (χ1) is 4.51. The van der Waals surface area contributed by atoms with Gasteiger partial charge in [-0.2, -0.15) is 0 Å². The molecule has 1 rings (SSSR count). The van der Waals surface area contributed by atoms with Gasteiger partial charge in [0, 0.05) is 0 Å². The molecule has 0 N–H and O–H groups in total. The minimum absolute atomic E-state index is 0. The van der Waals surface area contributed by atoms with Gasteiger partial charge in [-0.3, -0.25) is 0 Å². The van der Waals surface area contributed by atoms with Crippen molar-refractivity contribution in [3.63, 3.8) is 0 Å². The largest absolute Gasteiger partial charge is 1.00 e. The number of ether oxygens (including phenoxy) is 2. The van der Waals surface area contributed by atoms with Crippen LogP contribution in [0.25, 0.3) is 0 Å². The summed E-state index contributed by atoms with van der Waals surface area (Å²) in [4.78, 5) is 10.2. The first-order valence-electron chi connectivity index (χ1n) is 3.04. The second kappa shape index (κ2) is 3.87. The van der Waals surface area contributed by atoms with E-state index in [1.54, 1.807) is 13.8 Å². The van der Waals surface area contributed by atoms with E-state index in [1.807, 2.05) is 0 Å². The third-order valence-electron chi connectivity index (χ3n) is 1.27. The second-order valence-corrected chi connectivity index (χ2v) is 2.64. The Morgan fingerprint density at radius 3 is 2.36 bits per heavy atom. The molecule has 5 heteroatoms. The van der Waals surface area contributed by atoms with Crippen LogP contribution >= 0.6 is 0 Å². The number of carbonyl (C=O) groups is 1. The van der Waals surface area contributed by atoms with E-state index in [9.17, 15) is 9.90 Å². The molecule has 4 nitrogen and oxygen atoms in total. The molecule has 0 amide bonds. The van der Waals surface area contributed by atoms with Crippen molar-refractivity contribution in [2.75, 3.05) is 6.61 Å². The number of hydrogen-bond acceptors (Lipinski definition) is 4. The minimum atomic E-state index is -1.22. The first-order valence-corrected chi connectivity index (χ1v) is 3.04. The van der Waals surface area contributed by atoms with Crippen LogP contribution in [0.2, 0.25) is 0 Å². The molecule has 11 heavy (non-hydrogen) atoms. The summed E-state index contributed by atoms with van der Waals surface area (Å²) in [5.41, 5.74) is 0. The third kappa shape index (κ3) is 3.09. The number of aliphatic carboxylic acids is 1. The van der Waals surface area contributed by atoms with Crippen LogP contribution in [-0.4, -0.2) is 24.5 Å². The Morgan fingerprint density at radius 1 is 1.64 bits per heavy atom. The number of rotatable bonds is 1. The molecule has 1 heterocycles. The van der Waals surface area contributed by atoms with Crippen molar-refractivity contribution in [1.29, 1.82) is 0 Å². The van der Waals surface area contributed by atoms with E-state index < -0.39 is 17.9 Å². The molecule has 58 valence electrons. The van der Waals surface area contributed by atoms with Gasteiger partial charge in [0.2, 0.25) is 0 Å². The van der Waals surface area contributed by atoms with Crippen molar-refractivity contribution >= 4 is 5.97 Å². The van der Waals surface area contributed by atoms with E-state index in [4.69, 9.17) is 9.47 Å². The van der Waals surface area contributed by atoms with E-state index in [0.29, 0.717) is 0 Å². The Bertz CT molecular complexity index is 157. The van der Waals surface area contributed by atoms with E-state index >= 15 is 0 Å². The number of carboxylic acid groups (broad SMARTS) is 1. The van der Waals surface area contributed by atoms with Gasteiger partial charge in [-0.1, -0.05) is 0 Å². The standard InChI is InChI=1S/C6H10O4.Na/c1-6(2)9-3-4(10-6)5(7)8;/h4H,3H2,1-2H3,(H,7,8);/q;+1/p-1/t4-;/m0./s1. The number of carboxylic acids is 1. The molecular formula is C6H9NaO4. The van der Waals surface area contributed by atoms with Crippen molar-refractivity contribution in [2.24, 2.45) is 0 Å². The quantitative estimate of drug-likeness (QED) is 0.373. The smallest absolute Gasteiger partial charge is 0.547 e. The van der Waals surface area contributed by atoms with E-state index in [2.05, 4.69) is 0 Å². The fraction of sp³-hybridized carbons (Fsp3) is 0.833. The van der Waals surface area contributed by atoms with E-state index in [0.717, 1.165) is 0 Å². The van der Waals surface area contributed by atoms with Gasteiger partial charge < -0.3 is 19.4 Å². The normalized spacial score (nSPS) is 27.6. The fourth-order valence-electron chi connectivity index (χ4n) is 0.803. The van der Waals surface area contributed by atoms with Gasteiger partial charge in [-0.15, -0.1) is 0 Å². The van der Waals surface area contributed by atoms with Crippen LogP contribution in [0.15, 0.2) is 0 Å². The Morgan fingerprint density at radius 2 is 2.18 bits per heavy atom. The summed E-state index contributed by atoms with van der Waals surface area (Å²) in [5, 5.41) is 10.2. The molecule has 1 aliphatic rings. The summed E-state index contributed by atoms with van der Waals surface area (Å²) in [6.07, 6.45) is -0.907. The molecular weight excluding hydrogens is 159 g/mol. The Hall–Kier alpha value is 0.390. The van der Waals surface area contributed by atoms with E-state index in [1.165, 1.54) is 0 Å². The van der Waals surface area contributed by atoms with Crippen LogP contribution in [0.4, 0.5) is 0 Å². The molecule has 0 unspecified atom stereocenters. The van der Waals surface area contributed by atoms with Gasteiger partial charge in [0.15, 0.2) is 5.79 Å². The number of hydrogen-bond donors (Lipinski definition) is 0. The van der Waals surface area contributed by atoms with Gasteiger partial charge in [0.05, 0.1) is 12.6 Å². The van der Waals surface area contributed by atoms with E-state index in [-0.39, 0.29) is 36.2 Å². The Balaban J connectivity index is 0.000001000. The second-order valence-electron chi connectivity index (χ2n) is 2.64. The van der Waals surface area contributed by atoms with Gasteiger partial charge in [-0.25, -0.2) is 0 Å². The zero-order chi connectivity index (χ0) is 7.78. The summed E-state index contributed by atoms with van der Waals surface area (Å²) in [6.45, 7) is 3.40. The molecule has 0 aliphatic carbocycles. The Labute approximate surface area is 87.2 Å². The summed E-state index contributed by atoms with van der Waals surface area (Å²) in [7, 11) is 0. The van der Waals surface area contributed by atoms with Crippen LogP contribution in [0.3, 0.4) is 0 Å². The molecule has 0 spiro atoms. The van der Waals surface area contributed by atoms with Crippen molar-refractivity contribution in [3.8, 4) is 0 Å². The van der Waals surface area contributed by atoms with Gasteiger partial charge in [0.25, 0.3) is 0 Å². The van der Waals surface area contributed by atoms with Crippen molar-refractivity contribution in [2.45, 2.75) is 25.7 Å². The first kappa shape index (κ1) is 11.4. The minimum Gasteiger partial charge on any atom is -0.547 e. The summed E-state index contributed by atoms with van der Waals surface area (Å²) >= 11 is 0. The fourth-order valence-corrected chi connectivity index (χ4v) is 0.803. The molecule has 0 aromatic rings. The average molecular weight is 168 g/mol. The molecule has 0 saturated carbocycles. The molecule has 1 fully saturated rings. The van der Waals surface area contributed by atoms with Crippen LogP contribution < -0.4 is 34.7 Å². The van der Waals surface area contributed by atoms with Crippen molar-refractivity contribution < 1.29 is 48.9 Å². The van der Waals surface area contributed by atoms with Gasteiger partial charge in [0.1, 0.15) is 6.10 Å². The molecule has 1 aliphatic heterocycles. The molecule has 1 saturated heterocycles. The summed E-state index contributed by atoms with van der Waals surface area (Å²) in [6, 6.07) is 0. The molecule has 0 aromatic carbocycles. The molecule has 1 atom stereocenters. The van der Waals surface area contributed by atoms with Crippen LogP contribution in [0.5, 0.6) is 0 Å². The van der Waals surface area contributed by atoms with Gasteiger partial charge >= 0.3 is 29.6 Å². The predicted octanol–water partition coefficient (Wildman–Crippen LogP) is -4.11. The summed E-state index contributed by atoms with van der Waals surface area (Å²) < 4.78 is 9.90. The number of carbonyl (C=O) groups excluding carboxylic acids is 1. The summed E-state index contributed by atoms with van der Waals surface area (Å²) in [5.74, 6) is -1.99. The van der Waals surface area contributed by atoms with Crippen molar-refractivity contribution in [1.82, 2.24) is 0 Å². The zero-order valence-corrected chi connectivity index (χ0v) is 8.92. The average Bonchev–Trinajstić information content (AvgIpc) is 2.10. The predicted molar refractivity (Wildman–Crippen MR) is 29.9 cm³/mol.